The van der Waals surface area contributed by atoms with Gasteiger partial charge in [-0.05, 0) is 37.6 Å². The minimum absolute atomic E-state index is 0.359. The van der Waals surface area contributed by atoms with Gasteiger partial charge in [0.05, 0.1) is 12.6 Å². The van der Waals surface area contributed by atoms with E-state index in [-0.39, 0.29) is 6.09 Å². The lowest BCUT2D eigenvalue weighted by atomic mass is 10.1. The molecule has 1 N–H and O–H groups in total. The van der Waals surface area contributed by atoms with Crippen LogP contribution in [0.2, 0.25) is 0 Å². The Morgan fingerprint density at radius 2 is 1.91 bits per heavy atom. The minimum Gasteiger partial charge on any atom is -0.497 e. The molecule has 1 saturated heterocycles. The molecule has 0 bridgehead atoms. The summed E-state index contributed by atoms with van der Waals surface area (Å²) in [6, 6.07) is 5.84. The van der Waals surface area contributed by atoms with Crippen LogP contribution in [0, 0.1) is 13.8 Å². The van der Waals surface area contributed by atoms with E-state index in [2.05, 4.69) is 5.32 Å². The number of carbonyl (C=O) groups is 1. The molecule has 118 valence electrons. The van der Waals surface area contributed by atoms with E-state index in [0.29, 0.717) is 13.1 Å². The molecule has 1 aliphatic heterocycles. The summed E-state index contributed by atoms with van der Waals surface area (Å²) in [4.78, 5) is 18.1. The Balaban J connectivity index is 1.95. The number of carbonyl (C=O) groups excluding carboxylic acids is 1. The van der Waals surface area contributed by atoms with E-state index in [0.717, 1.165) is 41.0 Å². The zero-order valence-electron chi connectivity index (χ0n) is 13.2. The van der Waals surface area contributed by atoms with Crippen molar-refractivity contribution in [2.75, 3.05) is 33.3 Å². The quantitative estimate of drug-likeness (QED) is 0.920. The fraction of sp³-hybridized carbons (Fsp3) is 0.438. The fourth-order valence-electron chi connectivity index (χ4n) is 2.89. The molecule has 0 saturated carbocycles. The average molecular weight is 303 g/mol. The van der Waals surface area contributed by atoms with E-state index in [9.17, 15) is 4.79 Å². The molecule has 1 aromatic heterocycles. The number of rotatable bonds is 2. The number of piperazine rings is 1. The van der Waals surface area contributed by atoms with Gasteiger partial charge in [-0.1, -0.05) is 0 Å². The summed E-state index contributed by atoms with van der Waals surface area (Å²) in [7, 11) is 1.64. The van der Waals surface area contributed by atoms with Crippen LogP contribution in [-0.4, -0.2) is 49.0 Å². The molecule has 3 rings (SSSR count). The summed E-state index contributed by atoms with van der Waals surface area (Å²) in [5.41, 5.74) is 2.71. The number of hydrogen-bond donors (Lipinski definition) is 1. The van der Waals surface area contributed by atoms with E-state index in [4.69, 9.17) is 9.57 Å². The first-order chi connectivity index (χ1) is 10.6. The van der Waals surface area contributed by atoms with Crippen LogP contribution in [0.4, 0.5) is 4.79 Å². The van der Waals surface area contributed by atoms with Crippen molar-refractivity contribution in [2.24, 2.45) is 0 Å². The minimum atomic E-state index is -0.359. The molecule has 0 amide bonds. The van der Waals surface area contributed by atoms with Crippen LogP contribution in [0.5, 0.6) is 5.75 Å². The number of nitrogens with one attached hydrogen (secondary N) is 1. The lowest BCUT2D eigenvalue weighted by molar-refractivity contribution is -0.105. The van der Waals surface area contributed by atoms with Gasteiger partial charge < -0.3 is 14.9 Å². The van der Waals surface area contributed by atoms with Crippen molar-refractivity contribution in [3.63, 3.8) is 0 Å². The highest BCUT2D eigenvalue weighted by molar-refractivity contribution is 5.93. The summed E-state index contributed by atoms with van der Waals surface area (Å²) in [6.45, 7) is 6.95. The smallest absolute Gasteiger partial charge is 0.437 e. The molecular formula is C16H21N3O3. The van der Waals surface area contributed by atoms with Crippen molar-refractivity contribution in [3.8, 4) is 5.75 Å². The summed E-state index contributed by atoms with van der Waals surface area (Å²) in [6.07, 6.45) is -0.359. The number of fused-ring (bicyclic) bond motifs is 1. The van der Waals surface area contributed by atoms with Crippen molar-refractivity contribution in [1.82, 2.24) is 14.9 Å². The molecule has 6 nitrogen and oxygen atoms in total. The van der Waals surface area contributed by atoms with E-state index in [1.807, 2.05) is 32.0 Å². The van der Waals surface area contributed by atoms with Crippen molar-refractivity contribution in [1.29, 1.82) is 0 Å². The van der Waals surface area contributed by atoms with E-state index < -0.39 is 0 Å². The highest BCUT2D eigenvalue weighted by Gasteiger charge is 2.20. The van der Waals surface area contributed by atoms with E-state index in [1.165, 1.54) is 0 Å². The Bertz CT molecular complexity index is 702. The summed E-state index contributed by atoms with van der Waals surface area (Å²) in [5.74, 6) is 0.789. The van der Waals surface area contributed by atoms with Crippen LogP contribution in [0.3, 0.4) is 0 Å². The number of nitrogens with zero attached hydrogens (tertiary/aromatic N) is 2. The first-order valence-corrected chi connectivity index (χ1v) is 7.45. The van der Waals surface area contributed by atoms with Gasteiger partial charge in [0.25, 0.3) is 0 Å². The number of aromatic nitrogens is 1. The lowest BCUT2D eigenvalue weighted by Gasteiger charge is -2.25. The van der Waals surface area contributed by atoms with Gasteiger partial charge in [0.15, 0.2) is 0 Å². The van der Waals surface area contributed by atoms with Crippen molar-refractivity contribution in [3.05, 3.63) is 29.5 Å². The summed E-state index contributed by atoms with van der Waals surface area (Å²) in [5, 5.41) is 5.92. The summed E-state index contributed by atoms with van der Waals surface area (Å²) >= 11 is 0. The highest BCUT2D eigenvalue weighted by atomic mass is 16.7. The second-order valence-electron chi connectivity index (χ2n) is 5.54. The molecule has 0 radical (unpaired) electrons. The fourth-order valence-corrected chi connectivity index (χ4v) is 2.89. The van der Waals surface area contributed by atoms with Crippen LogP contribution in [0.25, 0.3) is 10.9 Å². The molecule has 0 aliphatic carbocycles. The third kappa shape index (κ3) is 2.67. The first-order valence-electron chi connectivity index (χ1n) is 7.45. The van der Waals surface area contributed by atoms with Gasteiger partial charge in [0, 0.05) is 37.3 Å². The van der Waals surface area contributed by atoms with Crippen LogP contribution < -0.4 is 10.1 Å². The van der Waals surface area contributed by atoms with Crippen LogP contribution in [0.1, 0.15) is 11.3 Å². The van der Waals surface area contributed by atoms with Crippen LogP contribution >= 0.6 is 0 Å². The maximum atomic E-state index is 12.6. The zero-order valence-corrected chi connectivity index (χ0v) is 13.2. The predicted molar refractivity (Wildman–Crippen MR) is 84.3 cm³/mol. The number of ether oxygens (including phenoxy) is 1. The number of hydrogen-bond acceptors (Lipinski definition) is 5. The third-order valence-electron chi connectivity index (χ3n) is 3.95. The van der Waals surface area contributed by atoms with E-state index in [1.54, 1.807) is 16.7 Å². The van der Waals surface area contributed by atoms with Gasteiger partial charge in [0.1, 0.15) is 5.75 Å². The maximum Gasteiger partial charge on any atom is 0.437 e. The van der Waals surface area contributed by atoms with Gasteiger partial charge in [-0.25, -0.2) is 9.36 Å². The van der Waals surface area contributed by atoms with Gasteiger partial charge in [-0.15, -0.1) is 5.06 Å². The Labute approximate surface area is 129 Å². The van der Waals surface area contributed by atoms with Gasteiger partial charge in [-0.3, -0.25) is 0 Å². The molecule has 0 unspecified atom stereocenters. The van der Waals surface area contributed by atoms with Crippen molar-refractivity contribution < 1.29 is 14.4 Å². The van der Waals surface area contributed by atoms with E-state index >= 15 is 0 Å². The topological polar surface area (TPSA) is 55.7 Å². The lowest BCUT2D eigenvalue weighted by Crippen LogP contribution is -2.44. The molecule has 1 aromatic carbocycles. The zero-order chi connectivity index (χ0) is 15.7. The summed E-state index contributed by atoms with van der Waals surface area (Å²) < 4.78 is 6.92. The Morgan fingerprint density at radius 3 is 2.59 bits per heavy atom. The molecule has 22 heavy (non-hydrogen) atoms. The average Bonchev–Trinajstić information content (AvgIpc) is 2.84. The van der Waals surface area contributed by atoms with Gasteiger partial charge in [-0.2, -0.15) is 0 Å². The van der Waals surface area contributed by atoms with Crippen LogP contribution in [-0.2, 0) is 4.84 Å². The predicted octanol–water partition coefficient (Wildman–Crippen LogP) is 2.07. The molecule has 2 heterocycles. The molecular weight excluding hydrogens is 282 g/mol. The van der Waals surface area contributed by atoms with Crippen molar-refractivity contribution in [2.45, 2.75) is 13.8 Å². The van der Waals surface area contributed by atoms with Crippen molar-refractivity contribution >= 4 is 17.0 Å². The Morgan fingerprint density at radius 1 is 1.18 bits per heavy atom. The van der Waals surface area contributed by atoms with Gasteiger partial charge in [0.2, 0.25) is 0 Å². The molecule has 0 atom stereocenters. The second-order valence-corrected chi connectivity index (χ2v) is 5.54. The van der Waals surface area contributed by atoms with Gasteiger partial charge >= 0.3 is 6.09 Å². The monoisotopic (exact) mass is 303 g/mol. The number of aryl methyl sites for hydroxylation is 2. The highest BCUT2D eigenvalue weighted by Crippen LogP contribution is 2.28. The largest absolute Gasteiger partial charge is 0.497 e. The SMILES string of the molecule is COc1cc(C)c2c(c1)cc(C)n2C(=O)ON1CCNCC1. The molecule has 0 spiro atoms. The standard InChI is InChI=1S/C16H21N3O3/c1-11-8-14(21-3)10-13-9-12(2)19(15(11)13)16(20)22-18-6-4-17-5-7-18/h8-10,17H,4-7H2,1-3H3. The number of hydroxylamine groups is 2. The number of benzene rings is 1. The second kappa shape index (κ2) is 5.98. The molecule has 1 fully saturated rings. The number of methoxy groups -OCH3 is 1. The Hall–Kier alpha value is -2.05. The Kier molecular flexibility index (Phi) is 4.04. The molecule has 1 aliphatic rings. The maximum absolute atomic E-state index is 12.6. The molecule has 6 heteroatoms. The molecule has 2 aromatic rings. The third-order valence-corrected chi connectivity index (χ3v) is 3.95. The first kappa shape index (κ1) is 14.9. The van der Waals surface area contributed by atoms with Crippen LogP contribution in [0.15, 0.2) is 18.2 Å². The normalized spacial score (nSPS) is 16.0.